The Hall–Kier alpha value is -12.7. The summed E-state index contributed by atoms with van der Waals surface area (Å²) in [5.41, 5.74) is 23.7. The van der Waals surface area contributed by atoms with E-state index in [0.29, 0.717) is 17.0 Å². The zero-order valence-electron chi connectivity index (χ0n) is 52.0. The minimum atomic E-state index is -0.462. The van der Waals surface area contributed by atoms with E-state index in [-0.39, 0.29) is 19.9 Å². The number of nitrogens with zero attached hydrogens (tertiary/aromatic N) is 5. The van der Waals surface area contributed by atoms with Crippen molar-refractivity contribution in [1.29, 1.82) is 0 Å². The molecule has 9 nitrogen and oxygen atoms in total. The molecule has 96 heavy (non-hydrogen) atoms. The summed E-state index contributed by atoms with van der Waals surface area (Å²) in [6.07, 6.45) is 0. The molecule has 0 N–H and O–H groups in total. The predicted molar refractivity (Wildman–Crippen MR) is 389 cm³/mol. The van der Waals surface area contributed by atoms with E-state index in [1.165, 1.54) is 16.4 Å². The van der Waals surface area contributed by atoms with E-state index in [1.54, 1.807) is 0 Å². The quantitative estimate of drug-likeness (QED) is 0.0786. The lowest BCUT2D eigenvalue weighted by atomic mass is 9.33. The maximum atomic E-state index is 14.1. The molecule has 10 heteroatoms. The van der Waals surface area contributed by atoms with Gasteiger partial charge < -0.3 is 23.8 Å². The molecule has 454 valence electrons. The van der Waals surface area contributed by atoms with Gasteiger partial charge in [0.2, 0.25) is 0 Å². The van der Waals surface area contributed by atoms with Gasteiger partial charge in [0.25, 0.3) is 6.71 Å². The van der Waals surface area contributed by atoms with Crippen LogP contribution >= 0.6 is 0 Å². The zero-order chi connectivity index (χ0) is 64.1. The van der Waals surface area contributed by atoms with Crippen molar-refractivity contribution in [3.63, 3.8) is 0 Å². The molecule has 0 fully saturated rings. The summed E-state index contributed by atoms with van der Waals surface area (Å²) in [6, 6.07) is 112. The van der Waals surface area contributed by atoms with E-state index in [9.17, 15) is 9.59 Å². The predicted octanol–water partition coefficient (Wildman–Crippen LogP) is 18.7. The number of esters is 2. The molecule has 0 radical (unpaired) electrons. The Balaban J connectivity index is 0.857. The molecule has 13 aromatic carbocycles. The SMILES string of the molecule is O=C(OCc1ccccc1)c1ccc2c(c1)c1cc(C(=O)OCc3ccccc3)ccc1n2-c1ccc(-c2nc(-c3ccccc3)cc(-c3ccccc3)n2)cc1-c1ccc(-c2cc3c4c(c2)N(c2ccccc2)c2ccccc2B4c2ccccc2N3c2ccccc2)cc1. The molecule has 0 saturated heterocycles. The van der Waals surface area contributed by atoms with E-state index in [2.05, 4.69) is 208 Å². The molecule has 0 amide bonds. The van der Waals surface area contributed by atoms with Crippen LogP contribution in [0, 0.1) is 0 Å². The maximum Gasteiger partial charge on any atom is 0.338 e. The molecule has 2 aromatic heterocycles. The smallest absolute Gasteiger partial charge is 0.338 e. The third-order valence-electron chi connectivity index (χ3n) is 18.5. The van der Waals surface area contributed by atoms with Crippen molar-refractivity contribution < 1.29 is 19.1 Å². The van der Waals surface area contributed by atoms with Gasteiger partial charge in [-0.1, -0.05) is 218 Å². The van der Waals surface area contributed by atoms with Gasteiger partial charge in [-0.05, 0) is 153 Å². The van der Waals surface area contributed by atoms with Crippen LogP contribution in [0.15, 0.2) is 328 Å². The first kappa shape index (κ1) is 57.3. The van der Waals surface area contributed by atoms with E-state index < -0.39 is 11.9 Å². The van der Waals surface area contributed by atoms with Crippen LogP contribution in [0.5, 0.6) is 0 Å². The first-order valence-electron chi connectivity index (χ1n) is 32.3. The summed E-state index contributed by atoms with van der Waals surface area (Å²) < 4.78 is 14.1. The van der Waals surface area contributed by atoms with Crippen molar-refractivity contribution in [2.75, 3.05) is 9.80 Å². The molecular formula is C86H58BN5O4. The highest BCUT2D eigenvalue weighted by atomic mass is 16.5. The minimum absolute atomic E-state index is 0.0217. The number of para-hydroxylation sites is 4. The van der Waals surface area contributed by atoms with Crippen LogP contribution in [0.25, 0.3) is 83.6 Å². The summed E-state index contributed by atoms with van der Waals surface area (Å²) in [5, 5.41) is 1.51. The molecule has 2 aliphatic heterocycles. The summed E-state index contributed by atoms with van der Waals surface area (Å²) >= 11 is 0. The standard InChI is InChI=1S/C86H58BN5O4/c93-85(95-55-57-23-7-1-8-24-57)64-44-47-77-70(50-64)71-51-65(86(94)96-56-58-25-9-2-10-26-58)45-48-78(71)92(77)76-46-43-63(84-88-74(61-27-11-3-12-28-61)54-75(89-84)62-29-13-4-14-30-62)49-69(76)60-41-39-59(40-42-60)66-52-81-83-82(53-66)91(68-33-17-6-18-34-68)80-38-22-20-36-73(80)87(83)72-35-19-21-37-79(72)90(81)67-31-15-5-16-32-67/h1-54H,55-56H2. The highest BCUT2D eigenvalue weighted by molar-refractivity contribution is 7.00. The topological polar surface area (TPSA) is 89.8 Å². The molecule has 4 heterocycles. The molecule has 17 rings (SSSR count). The zero-order valence-corrected chi connectivity index (χ0v) is 52.0. The Kier molecular flexibility index (Phi) is 14.6. The largest absolute Gasteiger partial charge is 0.457 e. The van der Waals surface area contributed by atoms with E-state index >= 15 is 0 Å². The van der Waals surface area contributed by atoms with Crippen LogP contribution < -0.4 is 26.2 Å². The number of hydrogen-bond donors (Lipinski definition) is 0. The lowest BCUT2D eigenvalue weighted by molar-refractivity contribution is 0.0464. The summed E-state index contributed by atoms with van der Waals surface area (Å²) in [6.45, 7) is 0.212. The summed E-state index contributed by atoms with van der Waals surface area (Å²) in [5.74, 6) is -0.360. The highest BCUT2D eigenvalue weighted by Gasteiger charge is 2.43. The Morgan fingerprint density at radius 2 is 0.750 bits per heavy atom. The number of hydrogen-bond acceptors (Lipinski definition) is 8. The molecule has 2 aliphatic rings. The fourth-order valence-electron chi connectivity index (χ4n) is 14.0. The van der Waals surface area contributed by atoms with Gasteiger partial charge in [0, 0.05) is 67.2 Å². The average molecular weight is 1240 g/mol. The highest BCUT2D eigenvalue weighted by Crippen LogP contribution is 2.47. The van der Waals surface area contributed by atoms with Gasteiger partial charge in [0.15, 0.2) is 5.82 Å². The van der Waals surface area contributed by atoms with Crippen LogP contribution in [0.2, 0.25) is 0 Å². The molecule has 0 unspecified atom stereocenters. The lowest BCUT2D eigenvalue weighted by Crippen LogP contribution is -2.61. The number of ether oxygens (including phenoxy) is 2. The Morgan fingerprint density at radius 3 is 1.23 bits per heavy atom. The van der Waals surface area contributed by atoms with Crippen LogP contribution in [0.4, 0.5) is 34.1 Å². The average Bonchev–Trinajstić information content (AvgIpc) is 0.790. The first-order valence-corrected chi connectivity index (χ1v) is 32.3. The number of fused-ring (bicyclic) bond motifs is 7. The van der Waals surface area contributed by atoms with Crippen molar-refractivity contribution in [3.05, 3.63) is 350 Å². The fourth-order valence-corrected chi connectivity index (χ4v) is 14.0. The van der Waals surface area contributed by atoms with Gasteiger partial charge in [0.05, 0.1) is 39.2 Å². The maximum absolute atomic E-state index is 14.1. The number of anilines is 6. The Bertz CT molecular complexity index is 5180. The molecule has 0 atom stereocenters. The molecule has 0 saturated carbocycles. The molecule has 0 bridgehead atoms. The van der Waals surface area contributed by atoms with Crippen LogP contribution in [-0.4, -0.2) is 33.2 Å². The number of aromatic nitrogens is 3. The van der Waals surface area contributed by atoms with E-state index in [1.807, 2.05) is 133 Å². The lowest BCUT2D eigenvalue weighted by Gasteiger charge is -2.44. The van der Waals surface area contributed by atoms with Gasteiger partial charge in [-0.15, -0.1) is 0 Å². The van der Waals surface area contributed by atoms with Crippen LogP contribution in [-0.2, 0) is 22.7 Å². The van der Waals surface area contributed by atoms with E-state index in [4.69, 9.17) is 19.4 Å². The van der Waals surface area contributed by atoms with Gasteiger partial charge in [-0.3, -0.25) is 0 Å². The van der Waals surface area contributed by atoms with Crippen molar-refractivity contribution >= 4 is 91.0 Å². The number of rotatable bonds is 14. The normalized spacial score (nSPS) is 12.1. The third kappa shape index (κ3) is 10.4. The minimum Gasteiger partial charge on any atom is -0.457 e. The Labute approximate surface area is 556 Å². The monoisotopic (exact) mass is 1240 g/mol. The van der Waals surface area contributed by atoms with Crippen LogP contribution in [0.1, 0.15) is 31.8 Å². The third-order valence-corrected chi connectivity index (χ3v) is 18.5. The molecule has 15 aromatic rings. The number of carbonyl (C=O) groups excluding carboxylic acids is 2. The van der Waals surface area contributed by atoms with Crippen molar-refractivity contribution in [1.82, 2.24) is 14.5 Å². The van der Waals surface area contributed by atoms with Gasteiger partial charge in [-0.2, -0.15) is 0 Å². The van der Waals surface area contributed by atoms with Crippen molar-refractivity contribution in [3.8, 4) is 61.8 Å². The summed E-state index contributed by atoms with van der Waals surface area (Å²) in [7, 11) is 0. The summed E-state index contributed by atoms with van der Waals surface area (Å²) in [4.78, 5) is 43.8. The van der Waals surface area contributed by atoms with Crippen LogP contribution in [0.3, 0.4) is 0 Å². The second kappa shape index (κ2) is 24.4. The van der Waals surface area contributed by atoms with Crippen molar-refractivity contribution in [2.45, 2.75) is 13.2 Å². The van der Waals surface area contributed by atoms with Crippen molar-refractivity contribution in [2.24, 2.45) is 0 Å². The molecule has 0 spiro atoms. The molecule has 0 aliphatic carbocycles. The second-order valence-electron chi connectivity index (χ2n) is 24.2. The molecular weight excluding hydrogens is 1180 g/mol. The van der Waals surface area contributed by atoms with E-state index in [0.717, 1.165) is 123 Å². The number of carbonyl (C=O) groups is 2. The first-order chi connectivity index (χ1) is 47.4. The van der Waals surface area contributed by atoms with Gasteiger partial charge >= 0.3 is 11.9 Å². The van der Waals surface area contributed by atoms with Gasteiger partial charge in [0.1, 0.15) is 13.2 Å². The number of benzene rings is 13. The second-order valence-corrected chi connectivity index (χ2v) is 24.2. The van der Waals surface area contributed by atoms with Gasteiger partial charge in [-0.25, -0.2) is 19.6 Å². The Morgan fingerprint density at radius 1 is 0.333 bits per heavy atom. The fraction of sp³-hybridized carbons (Fsp3) is 0.0233.